The summed E-state index contributed by atoms with van der Waals surface area (Å²) in [4.78, 5) is 11.9. The van der Waals surface area contributed by atoms with Crippen LogP contribution in [0.15, 0.2) is 59.3 Å². The molecule has 0 amide bonds. The summed E-state index contributed by atoms with van der Waals surface area (Å²) in [6.45, 7) is 0. The van der Waals surface area contributed by atoms with Crippen molar-refractivity contribution in [1.29, 1.82) is 0 Å². The molecule has 1 aromatic heterocycles. The fourth-order valence-electron chi connectivity index (χ4n) is 1.82. The highest BCUT2D eigenvalue weighted by Gasteiger charge is 2.10. The number of carbonyl (C=O) groups is 1. The van der Waals surface area contributed by atoms with E-state index in [1.807, 2.05) is 47.8 Å². The molecule has 0 fully saturated rings. The minimum Gasteiger partial charge on any atom is -0.422 e. The molecule has 0 spiro atoms. The Kier molecular flexibility index (Phi) is 2.82. The lowest BCUT2D eigenvalue weighted by atomic mass is 10.1. The van der Waals surface area contributed by atoms with E-state index in [9.17, 15) is 4.79 Å². The Morgan fingerprint density at radius 1 is 1.00 bits per heavy atom. The summed E-state index contributed by atoms with van der Waals surface area (Å²) in [5, 5.41) is 5.66. The number of thiophene rings is 1. The maximum atomic E-state index is 11.9. The highest BCUT2D eigenvalue weighted by Crippen LogP contribution is 2.26. The first-order chi connectivity index (χ1) is 8.84. The lowest BCUT2D eigenvalue weighted by Crippen LogP contribution is -2.07. The van der Waals surface area contributed by atoms with E-state index in [1.165, 1.54) is 11.3 Å². The first-order valence-corrected chi connectivity index (χ1v) is 6.51. The van der Waals surface area contributed by atoms with Crippen molar-refractivity contribution in [1.82, 2.24) is 0 Å². The van der Waals surface area contributed by atoms with Gasteiger partial charge in [0.2, 0.25) is 0 Å². The standard InChI is InChI=1S/C15H10O2S/c16-15(12-8-9-18-10-12)17-14-7-3-5-11-4-1-2-6-13(11)14/h1-10H. The van der Waals surface area contributed by atoms with E-state index in [0.717, 1.165) is 10.8 Å². The number of carbonyl (C=O) groups excluding carboxylic acids is 1. The monoisotopic (exact) mass is 254 g/mol. The predicted octanol–water partition coefficient (Wildman–Crippen LogP) is 4.12. The van der Waals surface area contributed by atoms with Crippen LogP contribution in [0.5, 0.6) is 5.75 Å². The van der Waals surface area contributed by atoms with Crippen LogP contribution in [0, 0.1) is 0 Å². The Hall–Kier alpha value is -2.13. The third-order valence-corrected chi connectivity index (χ3v) is 3.39. The first-order valence-electron chi connectivity index (χ1n) is 5.57. The SMILES string of the molecule is O=C(Oc1cccc2ccccc12)c1ccsc1. The van der Waals surface area contributed by atoms with Crippen molar-refractivity contribution in [2.24, 2.45) is 0 Å². The van der Waals surface area contributed by atoms with E-state index in [0.29, 0.717) is 11.3 Å². The summed E-state index contributed by atoms with van der Waals surface area (Å²) in [6.07, 6.45) is 0. The fraction of sp³-hybridized carbons (Fsp3) is 0. The summed E-state index contributed by atoms with van der Waals surface area (Å²) in [7, 11) is 0. The predicted molar refractivity (Wildman–Crippen MR) is 73.2 cm³/mol. The maximum absolute atomic E-state index is 11.9. The molecular formula is C15H10O2S. The molecule has 0 radical (unpaired) electrons. The van der Waals surface area contributed by atoms with Crippen LogP contribution in [-0.4, -0.2) is 5.97 Å². The highest BCUT2D eigenvalue weighted by atomic mass is 32.1. The van der Waals surface area contributed by atoms with Crippen molar-refractivity contribution in [2.45, 2.75) is 0 Å². The van der Waals surface area contributed by atoms with Gasteiger partial charge in [-0.1, -0.05) is 36.4 Å². The summed E-state index contributed by atoms with van der Waals surface area (Å²) < 4.78 is 5.44. The van der Waals surface area contributed by atoms with Gasteiger partial charge in [-0.25, -0.2) is 4.79 Å². The number of hydrogen-bond donors (Lipinski definition) is 0. The molecule has 0 saturated carbocycles. The summed E-state index contributed by atoms with van der Waals surface area (Å²) in [5.74, 6) is 0.289. The summed E-state index contributed by atoms with van der Waals surface area (Å²) >= 11 is 1.48. The van der Waals surface area contributed by atoms with E-state index >= 15 is 0 Å². The van der Waals surface area contributed by atoms with Crippen LogP contribution in [-0.2, 0) is 0 Å². The molecule has 0 aliphatic rings. The molecule has 1 heterocycles. The average Bonchev–Trinajstić information content (AvgIpc) is 2.93. The van der Waals surface area contributed by atoms with Gasteiger partial charge in [-0.2, -0.15) is 11.3 Å². The lowest BCUT2D eigenvalue weighted by Gasteiger charge is -2.06. The first kappa shape index (κ1) is 11.0. The Morgan fingerprint density at radius 3 is 2.67 bits per heavy atom. The molecule has 0 N–H and O–H groups in total. The minimum atomic E-state index is -0.312. The molecule has 2 nitrogen and oxygen atoms in total. The maximum Gasteiger partial charge on any atom is 0.344 e. The molecule has 0 aliphatic heterocycles. The van der Waals surface area contributed by atoms with Crippen LogP contribution in [0.3, 0.4) is 0 Å². The molecule has 0 atom stereocenters. The molecule has 2 aromatic carbocycles. The molecule has 3 rings (SSSR count). The zero-order valence-corrected chi connectivity index (χ0v) is 10.3. The van der Waals surface area contributed by atoms with Crippen molar-refractivity contribution in [3.63, 3.8) is 0 Å². The molecule has 88 valence electrons. The van der Waals surface area contributed by atoms with E-state index in [1.54, 1.807) is 11.4 Å². The lowest BCUT2D eigenvalue weighted by molar-refractivity contribution is 0.0737. The molecule has 3 aromatic rings. The van der Waals surface area contributed by atoms with Crippen LogP contribution in [0.25, 0.3) is 10.8 Å². The minimum absolute atomic E-state index is 0.312. The van der Waals surface area contributed by atoms with Crippen molar-refractivity contribution in [3.8, 4) is 5.75 Å². The van der Waals surface area contributed by atoms with E-state index < -0.39 is 0 Å². The van der Waals surface area contributed by atoms with Crippen LogP contribution in [0.4, 0.5) is 0 Å². The van der Waals surface area contributed by atoms with Crippen molar-refractivity contribution in [3.05, 3.63) is 64.9 Å². The molecule has 0 unspecified atom stereocenters. The number of esters is 1. The van der Waals surface area contributed by atoms with Gasteiger partial charge in [-0.3, -0.25) is 0 Å². The van der Waals surface area contributed by atoms with Gasteiger partial charge >= 0.3 is 5.97 Å². The van der Waals surface area contributed by atoms with Crippen molar-refractivity contribution < 1.29 is 9.53 Å². The number of ether oxygens (including phenoxy) is 1. The van der Waals surface area contributed by atoms with E-state index in [4.69, 9.17) is 4.74 Å². The van der Waals surface area contributed by atoms with Gasteiger partial charge in [0.05, 0.1) is 5.56 Å². The largest absolute Gasteiger partial charge is 0.422 e. The van der Waals surface area contributed by atoms with Gasteiger partial charge in [0, 0.05) is 10.8 Å². The Morgan fingerprint density at radius 2 is 1.83 bits per heavy atom. The van der Waals surface area contributed by atoms with E-state index in [2.05, 4.69) is 0 Å². The van der Waals surface area contributed by atoms with Gasteiger partial charge in [-0.15, -0.1) is 0 Å². The quantitative estimate of drug-likeness (QED) is 0.508. The second-order valence-electron chi connectivity index (χ2n) is 3.88. The molecule has 0 bridgehead atoms. The van der Waals surface area contributed by atoms with Crippen LogP contribution in [0.2, 0.25) is 0 Å². The van der Waals surface area contributed by atoms with Crippen LogP contribution in [0.1, 0.15) is 10.4 Å². The number of hydrogen-bond acceptors (Lipinski definition) is 3. The molecule has 3 heteroatoms. The van der Waals surface area contributed by atoms with Gasteiger partial charge in [0.15, 0.2) is 0 Å². The van der Waals surface area contributed by atoms with Crippen molar-refractivity contribution >= 4 is 28.1 Å². The highest BCUT2D eigenvalue weighted by molar-refractivity contribution is 7.08. The zero-order valence-electron chi connectivity index (χ0n) is 9.50. The van der Waals surface area contributed by atoms with Crippen LogP contribution < -0.4 is 4.74 Å². The molecule has 18 heavy (non-hydrogen) atoms. The van der Waals surface area contributed by atoms with Gasteiger partial charge < -0.3 is 4.74 Å². The Bertz CT molecular complexity index is 681. The number of fused-ring (bicyclic) bond motifs is 1. The van der Waals surface area contributed by atoms with E-state index in [-0.39, 0.29) is 5.97 Å². The molecule has 0 aliphatic carbocycles. The number of rotatable bonds is 2. The Labute approximate surface area is 108 Å². The normalized spacial score (nSPS) is 10.4. The fourth-order valence-corrected chi connectivity index (χ4v) is 2.45. The molecular weight excluding hydrogens is 244 g/mol. The Balaban J connectivity index is 1.98. The topological polar surface area (TPSA) is 26.3 Å². The van der Waals surface area contributed by atoms with Gasteiger partial charge in [-0.05, 0) is 22.9 Å². The summed E-state index contributed by atoms with van der Waals surface area (Å²) in [6, 6.07) is 15.3. The third-order valence-electron chi connectivity index (χ3n) is 2.71. The summed E-state index contributed by atoms with van der Waals surface area (Å²) in [5.41, 5.74) is 0.591. The zero-order chi connectivity index (χ0) is 12.4. The van der Waals surface area contributed by atoms with Gasteiger partial charge in [0.25, 0.3) is 0 Å². The van der Waals surface area contributed by atoms with Crippen LogP contribution >= 0.6 is 11.3 Å². The second-order valence-corrected chi connectivity index (χ2v) is 4.66. The molecule has 0 saturated heterocycles. The second kappa shape index (κ2) is 4.63. The number of benzene rings is 2. The average molecular weight is 254 g/mol. The smallest absolute Gasteiger partial charge is 0.344 e. The van der Waals surface area contributed by atoms with Gasteiger partial charge in [0.1, 0.15) is 5.75 Å². The van der Waals surface area contributed by atoms with Crippen molar-refractivity contribution in [2.75, 3.05) is 0 Å². The third kappa shape index (κ3) is 2.00.